The third-order valence-corrected chi connectivity index (χ3v) is 8.46. The van der Waals surface area contributed by atoms with Crippen molar-refractivity contribution in [1.29, 1.82) is 0 Å². The van der Waals surface area contributed by atoms with Crippen LogP contribution in [0, 0.1) is 21.7 Å². The van der Waals surface area contributed by atoms with Crippen LogP contribution in [0.15, 0.2) is 63.3 Å². The van der Waals surface area contributed by atoms with E-state index in [2.05, 4.69) is 43.5 Å². The maximum absolute atomic E-state index is 13.2. The second kappa shape index (κ2) is 23.2. The van der Waals surface area contributed by atoms with Crippen molar-refractivity contribution < 1.29 is 76.3 Å². The molecule has 2 amide bonds. The number of ether oxygens (including phenoxy) is 8. The van der Waals surface area contributed by atoms with Gasteiger partial charge >= 0.3 is 48.0 Å². The summed E-state index contributed by atoms with van der Waals surface area (Å²) >= 11 is 0. The quantitative estimate of drug-likeness (QED) is 0.0810. The number of carbonyl (C=O) groups is 8. The van der Waals surface area contributed by atoms with Crippen molar-refractivity contribution in [1.82, 2.24) is 10.6 Å². The SMILES string of the molecule is C=CC(=O)OCC(COC(=O)C=C)(COC(=O)C=C)COC(=O)NCC1(C)CC(NC(=O)OCC(COC(C)=O)(COC(=O)C=C)COC(=O)C=C)CC(C)(C)C1. The highest BCUT2D eigenvalue weighted by Gasteiger charge is 2.43. The van der Waals surface area contributed by atoms with Gasteiger partial charge in [-0.15, -0.1) is 0 Å². The Hall–Kier alpha value is -5.94. The van der Waals surface area contributed by atoms with Crippen LogP contribution in [0.4, 0.5) is 9.59 Å². The number of carbonyl (C=O) groups excluding carboxylic acids is 8. The van der Waals surface area contributed by atoms with Gasteiger partial charge in [-0.05, 0) is 30.1 Å². The summed E-state index contributed by atoms with van der Waals surface area (Å²) in [5, 5.41) is 5.54. The molecule has 0 aromatic heterocycles. The summed E-state index contributed by atoms with van der Waals surface area (Å²) in [6, 6.07) is -0.463. The largest absolute Gasteiger partial charge is 0.465 e. The third kappa shape index (κ3) is 19.0. The maximum atomic E-state index is 13.2. The molecule has 0 heterocycles. The van der Waals surface area contributed by atoms with Gasteiger partial charge in [-0.1, -0.05) is 53.7 Å². The zero-order valence-electron chi connectivity index (χ0n) is 33.0. The van der Waals surface area contributed by atoms with Crippen molar-refractivity contribution >= 4 is 48.0 Å². The Bertz CT molecular complexity index is 1450. The molecule has 1 rings (SSSR count). The lowest BCUT2D eigenvalue weighted by Gasteiger charge is -2.46. The molecule has 0 radical (unpaired) electrons. The third-order valence-electron chi connectivity index (χ3n) is 8.46. The molecule has 18 heteroatoms. The number of hydrogen-bond donors (Lipinski definition) is 2. The van der Waals surface area contributed by atoms with Gasteiger partial charge in [0.1, 0.15) is 63.7 Å². The van der Waals surface area contributed by atoms with Crippen LogP contribution in [0.25, 0.3) is 0 Å². The molecule has 2 atom stereocenters. The van der Waals surface area contributed by atoms with Crippen LogP contribution in [0.3, 0.4) is 0 Å². The molecular formula is C39H54N2O16. The molecule has 0 aromatic carbocycles. The first-order chi connectivity index (χ1) is 26.7. The molecule has 1 aliphatic carbocycles. The highest BCUT2D eigenvalue weighted by molar-refractivity contribution is 5.83. The zero-order valence-corrected chi connectivity index (χ0v) is 33.0. The average molecular weight is 807 g/mol. The van der Waals surface area contributed by atoms with E-state index in [0.29, 0.717) is 19.3 Å². The normalized spacial score (nSPS) is 17.1. The molecule has 1 aliphatic rings. The molecule has 18 nitrogen and oxygen atoms in total. The molecule has 0 saturated heterocycles. The van der Waals surface area contributed by atoms with E-state index in [1.165, 1.54) is 0 Å². The van der Waals surface area contributed by atoms with Crippen LogP contribution in [-0.2, 0) is 66.7 Å². The minimum Gasteiger partial charge on any atom is -0.465 e. The van der Waals surface area contributed by atoms with Gasteiger partial charge in [-0.25, -0.2) is 33.6 Å². The molecule has 1 fully saturated rings. The summed E-state index contributed by atoms with van der Waals surface area (Å²) in [5.41, 5.74) is -3.97. The summed E-state index contributed by atoms with van der Waals surface area (Å²) < 4.78 is 41.9. The lowest BCUT2D eigenvalue weighted by atomic mass is 9.62. The van der Waals surface area contributed by atoms with E-state index < -0.39 is 123 Å². The second-order valence-electron chi connectivity index (χ2n) is 14.7. The van der Waals surface area contributed by atoms with Crippen molar-refractivity contribution in [2.75, 3.05) is 59.4 Å². The Morgan fingerprint density at radius 1 is 0.544 bits per heavy atom. The summed E-state index contributed by atoms with van der Waals surface area (Å²) in [5.74, 6) is -4.83. The number of rotatable bonds is 24. The number of alkyl carbamates (subject to hydrolysis) is 2. The average Bonchev–Trinajstić information content (AvgIpc) is 3.17. The van der Waals surface area contributed by atoms with E-state index in [4.69, 9.17) is 37.9 Å². The topological polar surface area (TPSA) is 234 Å². The number of esters is 6. The Balaban J connectivity index is 3.11. The second-order valence-corrected chi connectivity index (χ2v) is 14.7. The number of amides is 2. The van der Waals surface area contributed by atoms with E-state index in [1.54, 1.807) is 0 Å². The molecular weight excluding hydrogens is 752 g/mol. The van der Waals surface area contributed by atoms with Gasteiger partial charge in [0, 0.05) is 49.9 Å². The van der Waals surface area contributed by atoms with E-state index in [0.717, 1.165) is 37.3 Å². The summed E-state index contributed by atoms with van der Waals surface area (Å²) in [7, 11) is 0. The Morgan fingerprint density at radius 2 is 0.877 bits per heavy atom. The lowest BCUT2D eigenvalue weighted by molar-refractivity contribution is -0.162. The van der Waals surface area contributed by atoms with Gasteiger partial charge in [-0.2, -0.15) is 0 Å². The molecule has 316 valence electrons. The summed E-state index contributed by atoms with van der Waals surface area (Å²) in [6.45, 7) is 19.8. The van der Waals surface area contributed by atoms with Crippen LogP contribution in [0.2, 0.25) is 0 Å². The predicted octanol–water partition coefficient (Wildman–Crippen LogP) is 3.21. The van der Waals surface area contributed by atoms with Gasteiger partial charge in [0.05, 0.1) is 0 Å². The Kier molecular flexibility index (Phi) is 20.0. The Morgan fingerprint density at radius 3 is 1.23 bits per heavy atom. The predicted molar refractivity (Wildman–Crippen MR) is 201 cm³/mol. The first kappa shape index (κ1) is 49.1. The fraction of sp³-hybridized carbons (Fsp3) is 0.538. The molecule has 1 saturated carbocycles. The van der Waals surface area contributed by atoms with Gasteiger partial charge in [-0.3, -0.25) is 4.79 Å². The van der Waals surface area contributed by atoms with Gasteiger partial charge < -0.3 is 48.5 Å². The van der Waals surface area contributed by atoms with Crippen LogP contribution in [0.5, 0.6) is 0 Å². The van der Waals surface area contributed by atoms with E-state index >= 15 is 0 Å². The first-order valence-electron chi connectivity index (χ1n) is 17.6. The van der Waals surface area contributed by atoms with Crippen LogP contribution in [0.1, 0.15) is 47.0 Å². The highest BCUT2D eigenvalue weighted by atomic mass is 16.6. The van der Waals surface area contributed by atoms with Gasteiger partial charge in [0.2, 0.25) is 0 Å². The van der Waals surface area contributed by atoms with Crippen molar-refractivity contribution in [2.24, 2.45) is 21.7 Å². The maximum Gasteiger partial charge on any atom is 0.407 e. The van der Waals surface area contributed by atoms with Gasteiger partial charge in [0.25, 0.3) is 0 Å². The summed E-state index contributed by atoms with van der Waals surface area (Å²) in [6.07, 6.45) is 4.22. The molecule has 0 spiro atoms. The van der Waals surface area contributed by atoms with E-state index in [-0.39, 0.29) is 12.0 Å². The molecule has 57 heavy (non-hydrogen) atoms. The van der Waals surface area contributed by atoms with Crippen molar-refractivity contribution in [3.8, 4) is 0 Å². The monoisotopic (exact) mass is 806 g/mol. The zero-order chi connectivity index (χ0) is 43.3. The minimum atomic E-state index is -1.53. The lowest BCUT2D eigenvalue weighted by Crippen LogP contribution is -2.51. The molecule has 2 N–H and O–H groups in total. The van der Waals surface area contributed by atoms with Crippen molar-refractivity contribution in [3.05, 3.63) is 63.3 Å². The fourth-order valence-electron chi connectivity index (χ4n) is 6.02. The fourth-order valence-corrected chi connectivity index (χ4v) is 6.02. The van der Waals surface area contributed by atoms with Crippen LogP contribution in [-0.4, -0.2) is 113 Å². The standard InChI is InChI=1S/C39H54N2O16/c1-10-29(43)51-20-38(19-50-27(6)42,21-52-30(44)11-2)26-57-35(49)41-28-15-36(7,8)17-37(9,16-28)18-40-34(48)56-25-39(22-53-31(45)12-3,23-54-32(46)13-4)24-55-33(47)14-5/h10-14,28H,1-5,15-26H2,6-9H3,(H,40,48)(H,41,49). The van der Waals surface area contributed by atoms with E-state index in [1.807, 2.05) is 20.8 Å². The Labute approximate surface area is 331 Å². The first-order valence-corrected chi connectivity index (χ1v) is 17.6. The summed E-state index contributed by atoms with van der Waals surface area (Å²) in [4.78, 5) is 97.4. The molecule has 0 bridgehead atoms. The number of hydrogen-bond acceptors (Lipinski definition) is 16. The molecule has 0 aromatic rings. The molecule has 0 aliphatic heterocycles. The van der Waals surface area contributed by atoms with E-state index in [9.17, 15) is 38.4 Å². The van der Waals surface area contributed by atoms with Crippen LogP contribution >= 0.6 is 0 Å². The van der Waals surface area contributed by atoms with Gasteiger partial charge in [0.15, 0.2) is 0 Å². The number of nitrogens with one attached hydrogen (secondary N) is 2. The smallest absolute Gasteiger partial charge is 0.407 e. The van der Waals surface area contributed by atoms with Crippen molar-refractivity contribution in [2.45, 2.75) is 53.0 Å². The van der Waals surface area contributed by atoms with Crippen LogP contribution < -0.4 is 10.6 Å². The minimum absolute atomic E-state index is 0.0761. The molecule has 2 unspecified atom stereocenters. The van der Waals surface area contributed by atoms with Crippen molar-refractivity contribution in [3.63, 3.8) is 0 Å². The highest BCUT2D eigenvalue weighted by Crippen LogP contribution is 2.46.